The zero-order valence-electron chi connectivity index (χ0n) is 16.4. The second-order valence-corrected chi connectivity index (χ2v) is 6.68. The summed E-state index contributed by atoms with van der Waals surface area (Å²) in [5.41, 5.74) is 0.338. The van der Waals surface area contributed by atoms with Crippen molar-refractivity contribution < 1.29 is 18.7 Å². The molecule has 1 fully saturated rings. The first-order valence-electron chi connectivity index (χ1n) is 9.26. The summed E-state index contributed by atoms with van der Waals surface area (Å²) in [4.78, 5) is 14.2. The van der Waals surface area contributed by atoms with Crippen molar-refractivity contribution in [1.82, 2.24) is 4.90 Å². The van der Waals surface area contributed by atoms with Gasteiger partial charge in [0.15, 0.2) is 0 Å². The summed E-state index contributed by atoms with van der Waals surface area (Å²) in [6, 6.07) is 8.31. The lowest BCUT2D eigenvalue weighted by Crippen LogP contribution is -2.63. The van der Waals surface area contributed by atoms with Crippen molar-refractivity contribution in [3.8, 4) is 0 Å². The van der Waals surface area contributed by atoms with Crippen molar-refractivity contribution >= 4 is 17.3 Å². The largest absolute Gasteiger partial charge is 0.386 e. The fourth-order valence-electron chi connectivity index (χ4n) is 3.05. The van der Waals surface area contributed by atoms with Gasteiger partial charge in [-0.2, -0.15) is 0 Å². The Bertz CT molecular complexity index is 862. The predicted molar refractivity (Wildman–Crippen MR) is 108 cm³/mol. The Morgan fingerprint density at radius 1 is 1.21 bits per heavy atom. The van der Waals surface area contributed by atoms with E-state index >= 15 is 0 Å². The van der Waals surface area contributed by atoms with Crippen LogP contribution in [0.15, 0.2) is 49.1 Å². The first kappa shape index (κ1) is 21.6. The summed E-state index contributed by atoms with van der Waals surface area (Å²) in [6.45, 7) is 9.70. The van der Waals surface area contributed by atoms with Gasteiger partial charge in [-0.3, -0.25) is 4.79 Å². The highest BCUT2D eigenvalue weighted by atomic mass is 19.1. The van der Waals surface area contributed by atoms with Gasteiger partial charge in [0.1, 0.15) is 17.2 Å². The average molecular weight is 388 g/mol. The van der Waals surface area contributed by atoms with Gasteiger partial charge in [-0.1, -0.05) is 26.0 Å². The van der Waals surface area contributed by atoms with Gasteiger partial charge in [0.05, 0.1) is 30.0 Å². The Labute approximate surface area is 164 Å². The van der Waals surface area contributed by atoms with Crippen LogP contribution in [0.4, 0.5) is 20.2 Å². The van der Waals surface area contributed by atoms with Crippen LogP contribution in [-0.4, -0.2) is 34.6 Å². The molecule has 1 heterocycles. The van der Waals surface area contributed by atoms with Gasteiger partial charge in [-0.25, -0.2) is 8.78 Å². The summed E-state index contributed by atoms with van der Waals surface area (Å²) in [6.07, 6.45) is 1.99. The molecular weight excluding hydrogens is 362 g/mol. The molecule has 2 N–H and O–H groups in total. The number of aliphatic hydroxyl groups is 1. The number of amides is 1. The number of benzene rings is 2. The summed E-state index contributed by atoms with van der Waals surface area (Å²) >= 11 is 0. The molecule has 150 valence electrons. The Morgan fingerprint density at radius 2 is 1.89 bits per heavy atom. The van der Waals surface area contributed by atoms with Crippen LogP contribution in [0.5, 0.6) is 0 Å². The summed E-state index contributed by atoms with van der Waals surface area (Å²) in [5, 5.41) is 13.0. The SMILES string of the molecule is C=CCC1(O)CN(C(=O)c2ccc(F)cc2Nc2ccc(C)cc2F)C1.CC. The Morgan fingerprint density at radius 3 is 2.50 bits per heavy atom. The molecule has 2 aromatic rings. The molecule has 0 aliphatic carbocycles. The lowest BCUT2D eigenvalue weighted by Gasteiger charge is -2.46. The number of anilines is 2. The van der Waals surface area contributed by atoms with Crippen molar-refractivity contribution in [2.45, 2.75) is 32.8 Å². The van der Waals surface area contributed by atoms with E-state index in [0.29, 0.717) is 6.42 Å². The average Bonchev–Trinajstić information content (AvgIpc) is 2.63. The van der Waals surface area contributed by atoms with Crippen molar-refractivity contribution in [1.29, 1.82) is 0 Å². The number of aryl methyl sites for hydroxylation is 1. The van der Waals surface area contributed by atoms with Crippen molar-refractivity contribution in [2.75, 3.05) is 18.4 Å². The Kier molecular flexibility index (Phi) is 6.91. The minimum Gasteiger partial charge on any atom is -0.386 e. The van der Waals surface area contributed by atoms with E-state index in [9.17, 15) is 18.7 Å². The van der Waals surface area contributed by atoms with Crippen LogP contribution in [0.2, 0.25) is 0 Å². The number of β-amino-alcohol motifs (C(OH)–C–C–N with tert-alkyl or cyclic N) is 1. The molecule has 0 bridgehead atoms. The van der Waals surface area contributed by atoms with Crippen LogP contribution < -0.4 is 5.32 Å². The van der Waals surface area contributed by atoms with Crippen molar-refractivity contribution in [3.63, 3.8) is 0 Å². The van der Waals surface area contributed by atoms with Gasteiger partial charge < -0.3 is 15.3 Å². The number of carbonyl (C=O) groups excluding carboxylic acids is 1. The van der Waals surface area contributed by atoms with Gasteiger partial charge in [0.25, 0.3) is 5.91 Å². The third-order valence-corrected chi connectivity index (χ3v) is 4.39. The Balaban J connectivity index is 0.00000136. The fourth-order valence-corrected chi connectivity index (χ4v) is 3.05. The molecule has 0 atom stereocenters. The first-order valence-corrected chi connectivity index (χ1v) is 9.26. The van der Waals surface area contributed by atoms with Crippen LogP contribution in [0.1, 0.15) is 36.2 Å². The van der Waals surface area contributed by atoms with E-state index in [4.69, 9.17) is 0 Å². The maximum atomic E-state index is 14.1. The molecular formula is C22H26F2N2O2. The topological polar surface area (TPSA) is 52.6 Å². The third kappa shape index (κ3) is 4.75. The van der Waals surface area contributed by atoms with Gasteiger partial charge >= 0.3 is 0 Å². The van der Waals surface area contributed by atoms with E-state index in [2.05, 4.69) is 11.9 Å². The highest BCUT2D eigenvalue weighted by Gasteiger charge is 2.43. The number of rotatable bonds is 5. The standard InChI is InChI=1S/C20H20F2N2O2.C2H6/c1-3-8-20(26)11-24(12-20)19(25)15-6-5-14(21)10-18(15)23-17-7-4-13(2)9-16(17)22;1-2/h3-7,9-10,23,26H,1,8,11-12H2,2H3;1-2H3. The highest BCUT2D eigenvalue weighted by Crippen LogP contribution is 2.30. The molecule has 2 aromatic carbocycles. The van der Waals surface area contributed by atoms with Crippen LogP contribution in [0.25, 0.3) is 0 Å². The summed E-state index contributed by atoms with van der Waals surface area (Å²) in [5.74, 6) is -1.38. The quantitative estimate of drug-likeness (QED) is 0.723. The lowest BCUT2D eigenvalue weighted by atomic mass is 9.89. The number of carbonyl (C=O) groups is 1. The molecule has 6 heteroatoms. The van der Waals surface area contributed by atoms with Gasteiger partial charge in [0.2, 0.25) is 0 Å². The molecule has 0 unspecified atom stereocenters. The molecule has 0 aromatic heterocycles. The molecule has 1 aliphatic heterocycles. The van der Waals surface area contributed by atoms with Crippen molar-refractivity contribution in [2.24, 2.45) is 0 Å². The lowest BCUT2D eigenvalue weighted by molar-refractivity contribution is -0.0781. The maximum absolute atomic E-state index is 14.1. The van der Waals surface area contributed by atoms with Crippen molar-refractivity contribution in [3.05, 3.63) is 71.8 Å². The van der Waals surface area contributed by atoms with E-state index in [1.165, 1.54) is 29.2 Å². The van der Waals surface area contributed by atoms with E-state index in [-0.39, 0.29) is 35.9 Å². The number of hydrogen-bond acceptors (Lipinski definition) is 3. The van der Waals surface area contributed by atoms with Crippen LogP contribution >= 0.6 is 0 Å². The van der Waals surface area contributed by atoms with E-state index in [1.54, 1.807) is 19.1 Å². The minimum absolute atomic E-state index is 0.155. The number of halogens is 2. The molecule has 0 radical (unpaired) electrons. The predicted octanol–water partition coefficient (Wildman–Crippen LogP) is 4.81. The molecule has 1 amide bonds. The monoisotopic (exact) mass is 388 g/mol. The molecule has 0 spiro atoms. The number of likely N-dealkylation sites (tertiary alicyclic amines) is 1. The molecule has 0 saturated carbocycles. The first-order chi connectivity index (χ1) is 13.3. The van der Waals surface area contributed by atoms with Crippen LogP contribution in [0, 0.1) is 18.6 Å². The van der Waals surface area contributed by atoms with E-state index in [1.807, 2.05) is 13.8 Å². The van der Waals surface area contributed by atoms with Gasteiger partial charge in [0, 0.05) is 0 Å². The molecule has 1 saturated heterocycles. The fraction of sp³-hybridized carbons (Fsp3) is 0.318. The second kappa shape index (κ2) is 8.97. The third-order valence-electron chi connectivity index (χ3n) is 4.39. The summed E-state index contributed by atoms with van der Waals surface area (Å²) < 4.78 is 27.8. The highest BCUT2D eigenvalue weighted by molar-refractivity contribution is 6.01. The number of nitrogens with zero attached hydrogens (tertiary/aromatic N) is 1. The molecule has 3 rings (SSSR count). The van der Waals surface area contributed by atoms with Crippen LogP contribution in [0.3, 0.4) is 0 Å². The van der Waals surface area contributed by atoms with Crippen LogP contribution in [-0.2, 0) is 0 Å². The van der Waals surface area contributed by atoms with E-state index < -0.39 is 17.2 Å². The summed E-state index contributed by atoms with van der Waals surface area (Å²) in [7, 11) is 0. The number of hydrogen-bond donors (Lipinski definition) is 2. The maximum Gasteiger partial charge on any atom is 0.256 e. The van der Waals surface area contributed by atoms with Gasteiger partial charge in [-0.15, -0.1) is 6.58 Å². The zero-order chi connectivity index (χ0) is 20.9. The minimum atomic E-state index is -0.964. The zero-order valence-corrected chi connectivity index (χ0v) is 16.4. The smallest absolute Gasteiger partial charge is 0.256 e. The van der Waals surface area contributed by atoms with E-state index in [0.717, 1.165) is 11.6 Å². The Hall–Kier alpha value is -2.73. The second-order valence-electron chi connectivity index (χ2n) is 6.68. The van der Waals surface area contributed by atoms with Gasteiger partial charge in [-0.05, 0) is 49.2 Å². The molecule has 28 heavy (non-hydrogen) atoms. The number of nitrogens with one attached hydrogen (secondary N) is 1. The molecule has 1 aliphatic rings. The normalized spacial score (nSPS) is 14.4. The molecule has 4 nitrogen and oxygen atoms in total.